The van der Waals surface area contributed by atoms with Crippen molar-refractivity contribution in [2.24, 2.45) is 0 Å². The molecule has 2 heteroatoms. The van der Waals surface area contributed by atoms with Crippen LogP contribution in [0.15, 0.2) is 54.1 Å². The van der Waals surface area contributed by atoms with E-state index in [1.54, 1.807) is 0 Å². The molecule has 0 bridgehead atoms. The molecule has 0 spiro atoms. The summed E-state index contributed by atoms with van der Waals surface area (Å²) in [6.07, 6.45) is 0. The van der Waals surface area contributed by atoms with Crippen LogP contribution in [-0.4, -0.2) is 0 Å². The average molecular weight is 215 g/mol. The van der Waals surface area contributed by atoms with Gasteiger partial charge >= 0.3 is 0 Å². The van der Waals surface area contributed by atoms with E-state index in [0.717, 1.165) is 6.54 Å². The fraction of sp³-hybridized carbons (Fsp3) is 0.0769. The summed E-state index contributed by atoms with van der Waals surface area (Å²) >= 11 is 4.12. The van der Waals surface area contributed by atoms with Gasteiger partial charge in [0, 0.05) is 6.54 Å². The fourth-order valence-electron chi connectivity index (χ4n) is 1.64. The summed E-state index contributed by atoms with van der Waals surface area (Å²) in [5, 5.41) is 6.37. The van der Waals surface area contributed by atoms with Crippen LogP contribution in [0.2, 0.25) is 0 Å². The second-order valence-corrected chi connectivity index (χ2v) is 3.98. The molecular weight excluding hydrogens is 202 g/mol. The molecule has 2 aromatic carbocycles. The molecule has 0 aliphatic carbocycles. The van der Waals surface area contributed by atoms with Crippen LogP contribution in [-0.2, 0) is 6.54 Å². The third-order valence-corrected chi connectivity index (χ3v) is 2.52. The topological polar surface area (TPSA) is 12.0 Å². The van der Waals surface area contributed by atoms with E-state index in [1.165, 1.54) is 16.3 Å². The van der Waals surface area contributed by atoms with Gasteiger partial charge in [-0.25, -0.2) is 0 Å². The van der Waals surface area contributed by atoms with Crippen LogP contribution >= 0.6 is 12.6 Å². The lowest BCUT2D eigenvalue weighted by Gasteiger charge is -2.08. The Labute approximate surface area is 95.2 Å². The van der Waals surface area contributed by atoms with Crippen LogP contribution in [0.5, 0.6) is 0 Å². The van der Waals surface area contributed by atoms with Crippen molar-refractivity contribution in [3.63, 3.8) is 0 Å². The van der Waals surface area contributed by atoms with Crippen LogP contribution in [0.1, 0.15) is 5.56 Å². The highest BCUT2D eigenvalue weighted by Gasteiger charge is 1.98. The second kappa shape index (κ2) is 4.41. The van der Waals surface area contributed by atoms with E-state index in [-0.39, 0.29) is 0 Å². The molecule has 0 saturated carbocycles. The minimum Gasteiger partial charge on any atom is -0.376 e. The zero-order valence-electron chi connectivity index (χ0n) is 8.40. The van der Waals surface area contributed by atoms with E-state index in [2.05, 4.69) is 67.0 Å². The Morgan fingerprint density at radius 2 is 1.87 bits per heavy atom. The van der Waals surface area contributed by atoms with Crippen LogP contribution < -0.4 is 5.32 Å². The standard InChI is InChI=1S/C13H13NS/c1-10(15)14-9-12-7-4-6-11-5-2-3-8-13(11)12/h2-8,14-15H,1,9H2. The SMILES string of the molecule is C=C(S)NCc1cccc2ccccc12. The Morgan fingerprint density at radius 1 is 1.13 bits per heavy atom. The molecule has 0 unspecified atom stereocenters. The molecule has 0 radical (unpaired) electrons. The Hall–Kier alpha value is -1.41. The van der Waals surface area contributed by atoms with Gasteiger partial charge in [-0.05, 0) is 16.3 Å². The Bertz CT molecular complexity index is 485. The van der Waals surface area contributed by atoms with Crippen LogP contribution in [0.3, 0.4) is 0 Å². The van der Waals surface area contributed by atoms with Crippen molar-refractivity contribution in [3.05, 3.63) is 59.6 Å². The summed E-state index contributed by atoms with van der Waals surface area (Å²) in [5.41, 5.74) is 1.27. The first kappa shape index (κ1) is 10.1. The van der Waals surface area contributed by atoms with Crippen LogP contribution in [0, 0.1) is 0 Å². The van der Waals surface area contributed by atoms with Gasteiger partial charge in [0.25, 0.3) is 0 Å². The molecule has 76 valence electrons. The normalized spacial score (nSPS) is 10.2. The van der Waals surface area contributed by atoms with Gasteiger partial charge in [0.05, 0.1) is 5.03 Å². The van der Waals surface area contributed by atoms with E-state index >= 15 is 0 Å². The molecule has 0 amide bonds. The zero-order chi connectivity index (χ0) is 10.7. The molecule has 2 rings (SSSR count). The van der Waals surface area contributed by atoms with Gasteiger partial charge in [-0.2, -0.15) is 0 Å². The molecular formula is C13H13NS. The second-order valence-electron chi connectivity index (χ2n) is 3.44. The lowest BCUT2D eigenvalue weighted by Crippen LogP contribution is -2.08. The summed E-state index contributed by atoms with van der Waals surface area (Å²) in [7, 11) is 0. The van der Waals surface area contributed by atoms with Gasteiger partial charge in [0.15, 0.2) is 0 Å². The van der Waals surface area contributed by atoms with Gasteiger partial charge in [-0.1, -0.05) is 49.0 Å². The Balaban J connectivity index is 2.38. The van der Waals surface area contributed by atoms with Crippen molar-refractivity contribution < 1.29 is 0 Å². The molecule has 15 heavy (non-hydrogen) atoms. The van der Waals surface area contributed by atoms with E-state index in [4.69, 9.17) is 0 Å². The van der Waals surface area contributed by atoms with E-state index < -0.39 is 0 Å². The highest BCUT2D eigenvalue weighted by atomic mass is 32.1. The highest BCUT2D eigenvalue weighted by Crippen LogP contribution is 2.18. The summed E-state index contributed by atoms with van der Waals surface area (Å²) in [4.78, 5) is 0. The van der Waals surface area contributed by atoms with Gasteiger partial charge in [-0.3, -0.25) is 0 Å². The lowest BCUT2D eigenvalue weighted by molar-refractivity contribution is 0.868. The number of thiol groups is 1. The van der Waals surface area contributed by atoms with E-state index in [0.29, 0.717) is 5.03 Å². The van der Waals surface area contributed by atoms with Crippen molar-refractivity contribution in [3.8, 4) is 0 Å². The van der Waals surface area contributed by atoms with Gasteiger partial charge < -0.3 is 5.32 Å². The van der Waals surface area contributed by atoms with Crippen molar-refractivity contribution in [2.45, 2.75) is 6.54 Å². The summed E-state index contributed by atoms with van der Waals surface area (Å²) in [6.45, 7) is 4.47. The Morgan fingerprint density at radius 3 is 2.67 bits per heavy atom. The molecule has 0 aromatic heterocycles. The third-order valence-electron chi connectivity index (χ3n) is 2.36. The summed E-state index contributed by atoms with van der Waals surface area (Å²) < 4.78 is 0. The zero-order valence-corrected chi connectivity index (χ0v) is 9.30. The van der Waals surface area contributed by atoms with Crippen LogP contribution in [0.4, 0.5) is 0 Å². The molecule has 1 N–H and O–H groups in total. The quantitative estimate of drug-likeness (QED) is 0.748. The third kappa shape index (κ3) is 2.34. The minimum absolute atomic E-state index is 0.697. The predicted octanol–water partition coefficient (Wildman–Crippen LogP) is 3.33. The number of rotatable bonds is 3. The smallest absolute Gasteiger partial charge is 0.0579 e. The molecule has 0 atom stereocenters. The number of nitrogens with one attached hydrogen (secondary N) is 1. The van der Waals surface area contributed by atoms with Gasteiger partial charge in [0.1, 0.15) is 0 Å². The number of benzene rings is 2. The molecule has 0 aliphatic rings. The maximum atomic E-state index is 4.12. The van der Waals surface area contributed by atoms with E-state index in [1.807, 2.05) is 0 Å². The predicted molar refractivity (Wildman–Crippen MR) is 68.9 cm³/mol. The molecule has 0 fully saturated rings. The molecule has 0 aliphatic heterocycles. The van der Waals surface area contributed by atoms with Crippen molar-refractivity contribution in [1.82, 2.24) is 5.32 Å². The molecule has 0 saturated heterocycles. The number of hydrogen-bond donors (Lipinski definition) is 2. The fourth-order valence-corrected chi connectivity index (χ4v) is 1.72. The average Bonchev–Trinajstić information content (AvgIpc) is 2.26. The Kier molecular flexibility index (Phi) is 2.97. The first-order valence-electron chi connectivity index (χ1n) is 4.86. The van der Waals surface area contributed by atoms with Crippen molar-refractivity contribution in [1.29, 1.82) is 0 Å². The minimum atomic E-state index is 0.697. The molecule has 1 nitrogen and oxygen atoms in total. The van der Waals surface area contributed by atoms with Crippen LogP contribution in [0.25, 0.3) is 10.8 Å². The maximum Gasteiger partial charge on any atom is 0.0579 e. The molecule has 2 aromatic rings. The summed E-state index contributed by atoms with van der Waals surface area (Å²) in [6, 6.07) is 14.7. The van der Waals surface area contributed by atoms with Crippen molar-refractivity contribution >= 4 is 23.4 Å². The van der Waals surface area contributed by atoms with Gasteiger partial charge in [-0.15, -0.1) is 12.6 Å². The molecule has 0 heterocycles. The summed E-state index contributed by atoms with van der Waals surface area (Å²) in [5.74, 6) is 0. The highest BCUT2D eigenvalue weighted by molar-refractivity contribution is 7.84. The monoisotopic (exact) mass is 215 g/mol. The lowest BCUT2D eigenvalue weighted by atomic mass is 10.0. The number of hydrogen-bond acceptors (Lipinski definition) is 2. The van der Waals surface area contributed by atoms with Crippen molar-refractivity contribution in [2.75, 3.05) is 0 Å². The first-order valence-corrected chi connectivity index (χ1v) is 5.30. The van der Waals surface area contributed by atoms with E-state index in [9.17, 15) is 0 Å². The van der Waals surface area contributed by atoms with Gasteiger partial charge in [0.2, 0.25) is 0 Å². The number of fused-ring (bicyclic) bond motifs is 1. The maximum absolute atomic E-state index is 4.12. The largest absolute Gasteiger partial charge is 0.376 e. The first-order chi connectivity index (χ1) is 7.27.